The first kappa shape index (κ1) is 26.7. The number of hydrogen-bond donors (Lipinski definition) is 2. The summed E-state index contributed by atoms with van der Waals surface area (Å²) in [7, 11) is -0.768. The molecule has 2 N–H and O–H groups in total. The molecule has 1 aliphatic carbocycles. The van der Waals surface area contributed by atoms with Gasteiger partial charge in [-0.15, -0.1) is 0 Å². The fourth-order valence-corrected chi connectivity index (χ4v) is 5.02. The Morgan fingerprint density at radius 3 is 2.43 bits per heavy atom. The summed E-state index contributed by atoms with van der Waals surface area (Å²) in [4.78, 5) is 16.5. The van der Waals surface area contributed by atoms with E-state index in [0.717, 1.165) is 25.0 Å². The molecule has 1 saturated carbocycles. The zero-order valence-corrected chi connectivity index (χ0v) is 21.3. The summed E-state index contributed by atoms with van der Waals surface area (Å²) in [6, 6.07) is 10.6. The van der Waals surface area contributed by atoms with Gasteiger partial charge >= 0.3 is 6.18 Å². The topological polar surface area (TPSA) is 74.3 Å². The summed E-state index contributed by atoms with van der Waals surface area (Å²) in [6.45, 7) is 0. The van der Waals surface area contributed by atoms with Gasteiger partial charge in [0.05, 0.1) is 5.52 Å². The first-order chi connectivity index (χ1) is 17.3. The Morgan fingerprint density at radius 1 is 1.11 bits per heavy atom. The third-order valence-corrected chi connectivity index (χ3v) is 7.87. The van der Waals surface area contributed by atoms with Gasteiger partial charge in [-0.3, -0.25) is 4.79 Å². The summed E-state index contributed by atoms with van der Waals surface area (Å²) in [6.07, 6.45) is -0.459. The van der Waals surface area contributed by atoms with Crippen molar-refractivity contribution in [2.75, 3.05) is 22.9 Å². The molecule has 6 nitrogen and oxygen atoms in total. The number of pyridine rings is 1. The van der Waals surface area contributed by atoms with Gasteiger partial charge in [0, 0.05) is 57.4 Å². The molecule has 0 spiro atoms. The van der Waals surface area contributed by atoms with E-state index < -0.39 is 27.4 Å². The minimum absolute atomic E-state index is 0.0474. The van der Waals surface area contributed by atoms with Gasteiger partial charge in [-0.05, 0) is 80.1 Å². The molecule has 3 atom stereocenters. The van der Waals surface area contributed by atoms with Crippen molar-refractivity contribution in [3.63, 3.8) is 0 Å². The number of nitrogens with zero attached hydrogens (tertiary/aromatic N) is 2. The highest BCUT2D eigenvalue weighted by molar-refractivity contribution is 8.00. The van der Waals surface area contributed by atoms with Crippen LogP contribution in [-0.2, 0) is 15.9 Å². The quantitative estimate of drug-likeness (QED) is 0.334. The molecule has 198 valence electrons. The van der Waals surface area contributed by atoms with Crippen molar-refractivity contribution in [3.8, 4) is 0 Å². The lowest BCUT2D eigenvalue weighted by molar-refractivity contribution is -0.140. The van der Waals surface area contributed by atoms with E-state index in [1.807, 2.05) is 0 Å². The van der Waals surface area contributed by atoms with Gasteiger partial charge in [-0.2, -0.15) is 13.2 Å². The molecule has 37 heavy (non-hydrogen) atoms. The first-order valence-electron chi connectivity index (χ1n) is 11.7. The number of halogens is 4. The van der Waals surface area contributed by atoms with Crippen LogP contribution in [0.4, 0.5) is 28.9 Å². The number of anilines is 2. The molecule has 4 rings (SSSR count). The monoisotopic (exact) mass is 536 g/mol. The minimum Gasteiger partial charge on any atom is -0.382 e. The number of benzene rings is 2. The van der Waals surface area contributed by atoms with Crippen molar-refractivity contribution in [2.24, 2.45) is 0 Å². The minimum atomic E-state index is -4.65. The molecule has 1 amide bonds. The van der Waals surface area contributed by atoms with Crippen LogP contribution < -0.4 is 14.9 Å². The van der Waals surface area contributed by atoms with E-state index in [0.29, 0.717) is 24.1 Å². The number of hydrogen-bond acceptors (Lipinski definition) is 4. The summed E-state index contributed by atoms with van der Waals surface area (Å²) < 4.78 is 67.8. The predicted octanol–water partition coefficient (Wildman–Crippen LogP) is 5.24. The van der Waals surface area contributed by atoms with Crippen LogP contribution in [0.1, 0.15) is 41.7 Å². The first-order valence-corrected chi connectivity index (χ1v) is 13.8. The summed E-state index contributed by atoms with van der Waals surface area (Å²) in [5.74, 6) is 2.80. The van der Waals surface area contributed by atoms with Crippen LogP contribution >= 0.6 is 0 Å². The van der Waals surface area contributed by atoms with Gasteiger partial charge in [0.25, 0.3) is 5.91 Å². The maximum absolute atomic E-state index is 13.9. The van der Waals surface area contributed by atoms with Crippen molar-refractivity contribution in [2.45, 2.75) is 43.9 Å². The highest BCUT2D eigenvalue weighted by Crippen LogP contribution is 2.34. The van der Waals surface area contributed by atoms with Gasteiger partial charge in [0.1, 0.15) is 11.5 Å². The Balaban J connectivity index is 1.47. The van der Waals surface area contributed by atoms with Gasteiger partial charge in [0.2, 0.25) is 0 Å². The van der Waals surface area contributed by atoms with E-state index in [1.54, 1.807) is 35.6 Å². The van der Waals surface area contributed by atoms with E-state index >= 15 is 0 Å². The lowest BCUT2D eigenvalue weighted by Crippen LogP contribution is -2.41. The number of carbonyl (C=O) groups is 1. The third kappa shape index (κ3) is 6.33. The summed E-state index contributed by atoms with van der Waals surface area (Å²) >= 11 is 0. The zero-order valence-electron chi connectivity index (χ0n) is 20.4. The molecule has 0 aliphatic heterocycles. The standard InChI is InChI=1S/C26H28F4N4O2S/c1-34(37(2,3)36)20-10-7-16(8-11-20)25(35)32-19-6-4-5-18(14-19)31-23-15-24(26(28,29)30)33-22-12-9-17(27)13-21(22)23/h7-13,15,18-19H,2,4-6,14H2,1,3H3,(H,31,33)(H,32,35). The maximum atomic E-state index is 13.9. The molecule has 1 fully saturated rings. The second kappa shape index (κ2) is 10.2. The smallest absolute Gasteiger partial charge is 0.382 e. The van der Waals surface area contributed by atoms with Gasteiger partial charge < -0.3 is 14.9 Å². The fourth-order valence-electron chi connectivity index (χ4n) is 4.45. The SMILES string of the molecule is C=S(C)(=O)N(C)c1ccc(C(=O)NC2CCCC(Nc3cc(C(F)(F)F)nc4ccc(F)cc34)C2)cc1. The Bertz CT molecular complexity index is 1410. The van der Waals surface area contributed by atoms with Crippen LogP contribution in [0.5, 0.6) is 0 Å². The van der Waals surface area contributed by atoms with Crippen LogP contribution in [0.15, 0.2) is 48.5 Å². The summed E-state index contributed by atoms with van der Waals surface area (Å²) in [5, 5.41) is 6.41. The fraction of sp³-hybridized carbons (Fsp3) is 0.346. The van der Waals surface area contributed by atoms with E-state index in [2.05, 4.69) is 21.5 Å². The van der Waals surface area contributed by atoms with E-state index in [9.17, 15) is 26.6 Å². The van der Waals surface area contributed by atoms with E-state index in [1.165, 1.54) is 18.4 Å². The van der Waals surface area contributed by atoms with Crippen molar-refractivity contribution in [1.82, 2.24) is 10.3 Å². The number of rotatable bonds is 6. The average molecular weight is 537 g/mol. The largest absolute Gasteiger partial charge is 0.433 e. The van der Waals surface area contributed by atoms with Crippen LogP contribution in [0.3, 0.4) is 0 Å². The molecule has 11 heteroatoms. The summed E-state index contributed by atoms with van der Waals surface area (Å²) in [5.41, 5.74) is 0.254. The molecule has 3 unspecified atom stereocenters. The second-order valence-electron chi connectivity index (χ2n) is 9.40. The number of aromatic nitrogens is 1. The molecule has 3 aromatic rings. The van der Waals surface area contributed by atoms with Gasteiger partial charge in [0.15, 0.2) is 0 Å². The van der Waals surface area contributed by atoms with Gasteiger partial charge in [-0.25, -0.2) is 13.6 Å². The van der Waals surface area contributed by atoms with Gasteiger partial charge in [-0.1, -0.05) is 0 Å². The predicted molar refractivity (Wildman–Crippen MR) is 140 cm³/mol. The van der Waals surface area contributed by atoms with Crippen LogP contribution in [0, 0.1) is 5.82 Å². The van der Waals surface area contributed by atoms with Crippen LogP contribution in [0.25, 0.3) is 10.9 Å². The molecular formula is C26H28F4N4O2S. The molecule has 0 radical (unpaired) electrons. The highest BCUT2D eigenvalue weighted by atomic mass is 32.2. The number of amides is 1. The second-order valence-corrected chi connectivity index (χ2v) is 11.9. The van der Waals surface area contributed by atoms with E-state index in [-0.39, 0.29) is 34.6 Å². The Hall–Kier alpha value is -3.34. The van der Waals surface area contributed by atoms with Crippen LogP contribution in [0.2, 0.25) is 0 Å². The maximum Gasteiger partial charge on any atom is 0.433 e. The molecule has 1 heterocycles. The molecule has 0 bridgehead atoms. The van der Waals surface area contributed by atoms with Crippen LogP contribution in [-0.4, -0.2) is 46.4 Å². The molecular weight excluding hydrogens is 508 g/mol. The lowest BCUT2D eigenvalue weighted by Gasteiger charge is -2.31. The Labute approximate surface area is 213 Å². The van der Waals surface area contributed by atoms with Crippen molar-refractivity contribution >= 4 is 43.8 Å². The van der Waals surface area contributed by atoms with E-state index in [4.69, 9.17) is 0 Å². The molecule has 1 aliphatic rings. The van der Waals surface area contributed by atoms with Crippen molar-refractivity contribution in [3.05, 3.63) is 65.6 Å². The average Bonchev–Trinajstić information content (AvgIpc) is 2.83. The zero-order chi connectivity index (χ0) is 27.0. The highest BCUT2D eigenvalue weighted by Gasteiger charge is 2.34. The number of alkyl halides is 3. The third-order valence-electron chi connectivity index (χ3n) is 6.50. The normalized spacial score (nSPS) is 19.7. The molecule has 0 saturated heterocycles. The van der Waals surface area contributed by atoms with Crippen molar-refractivity contribution in [1.29, 1.82) is 0 Å². The van der Waals surface area contributed by atoms with Crippen molar-refractivity contribution < 1.29 is 26.6 Å². The lowest BCUT2D eigenvalue weighted by atomic mass is 9.90. The number of nitrogens with one attached hydrogen (secondary N) is 2. The number of carbonyl (C=O) groups excluding carboxylic acids is 1. The molecule has 1 aromatic heterocycles. The Morgan fingerprint density at radius 2 is 1.78 bits per heavy atom. The molecule has 2 aromatic carbocycles. The Kier molecular flexibility index (Phi) is 7.36. The number of fused-ring (bicyclic) bond motifs is 1.